The Morgan fingerprint density at radius 2 is 1.95 bits per heavy atom. The van der Waals surface area contributed by atoms with Crippen molar-refractivity contribution in [2.24, 2.45) is 0 Å². The Bertz CT molecular complexity index is 582. The van der Waals surface area contributed by atoms with Crippen LogP contribution >= 0.6 is 11.6 Å². The first-order chi connectivity index (χ1) is 9.25. The van der Waals surface area contributed by atoms with E-state index in [1.54, 1.807) is 24.5 Å². The molecule has 0 aliphatic carbocycles. The van der Waals surface area contributed by atoms with Crippen molar-refractivity contribution in [3.63, 3.8) is 0 Å². The Balaban J connectivity index is 1.90. The molecule has 1 heterocycles. The summed E-state index contributed by atoms with van der Waals surface area (Å²) >= 11 is 5.99. The molecule has 2 rings (SSSR count). The molecule has 96 valence electrons. The first-order valence-electron chi connectivity index (χ1n) is 5.85. The van der Waals surface area contributed by atoms with Crippen molar-refractivity contribution in [2.45, 2.75) is 6.54 Å². The van der Waals surface area contributed by atoms with Gasteiger partial charge in [-0.1, -0.05) is 29.8 Å². The molecular weight excluding hydrogens is 260 g/mol. The number of halogens is 1. The zero-order valence-electron chi connectivity index (χ0n) is 10.2. The Hall–Kier alpha value is -2.13. The van der Waals surface area contributed by atoms with Gasteiger partial charge in [-0.15, -0.1) is 0 Å². The number of carbonyl (C=O) groups excluding carboxylic acids is 1. The Kier molecular flexibility index (Phi) is 4.70. The number of nitrogens with zero attached hydrogens (tertiary/aromatic N) is 1. The van der Waals surface area contributed by atoms with Gasteiger partial charge in [-0.25, -0.2) is 0 Å². The van der Waals surface area contributed by atoms with Gasteiger partial charge in [-0.05, 0) is 35.4 Å². The molecule has 2 aromatic rings. The van der Waals surface area contributed by atoms with Gasteiger partial charge in [0.25, 0.3) is 0 Å². The molecule has 0 spiro atoms. The van der Waals surface area contributed by atoms with Gasteiger partial charge in [-0.2, -0.15) is 0 Å². The fourth-order valence-electron chi connectivity index (χ4n) is 1.52. The smallest absolute Gasteiger partial charge is 0.244 e. The van der Waals surface area contributed by atoms with Crippen LogP contribution in [0.5, 0.6) is 0 Å². The fourth-order valence-corrected chi connectivity index (χ4v) is 1.72. The van der Waals surface area contributed by atoms with Crippen molar-refractivity contribution >= 4 is 23.6 Å². The Morgan fingerprint density at radius 3 is 2.68 bits per heavy atom. The number of aromatic nitrogens is 1. The van der Waals surface area contributed by atoms with Gasteiger partial charge in [0.15, 0.2) is 0 Å². The molecule has 0 unspecified atom stereocenters. The molecule has 0 bridgehead atoms. The largest absolute Gasteiger partial charge is 0.348 e. The SMILES string of the molecule is O=C(C=Cc1ccccc1Cl)NCc1ccncc1. The van der Waals surface area contributed by atoms with Crippen LogP contribution in [0.4, 0.5) is 0 Å². The summed E-state index contributed by atoms with van der Waals surface area (Å²) in [6.07, 6.45) is 6.56. The van der Waals surface area contributed by atoms with Crippen molar-refractivity contribution in [3.8, 4) is 0 Å². The Morgan fingerprint density at radius 1 is 1.21 bits per heavy atom. The summed E-state index contributed by atoms with van der Waals surface area (Å²) in [5, 5.41) is 3.42. The molecule has 3 nitrogen and oxygen atoms in total. The maximum absolute atomic E-state index is 11.6. The minimum atomic E-state index is -0.156. The van der Waals surface area contributed by atoms with E-state index in [-0.39, 0.29) is 5.91 Å². The third-order valence-electron chi connectivity index (χ3n) is 2.54. The Labute approximate surface area is 116 Å². The van der Waals surface area contributed by atoms with E-state index in [0.717, 1.165) is 11.1 Å². The number of carbonyl (C=O) groups is 1. The van der Waals surface area contributed by atoms with Gasteiger partial charge < -0.3 is 5.32 Å². The molecule has 1 N–H and O–H groups in total. The van der Waals surface area contributed by atoms with Crippen molar-refractivity contribution in [2.75, 3.05) is 0 Å². The second-order valence-electron chi connectivity index (χ2n) is 3.93. The van der Waals surface area contributed by atoms with Gasteiger partial charge in [0.1, 0.15) is 0 Å². The van der Waals surface area contributed by atoms with Crippen LogP contribution < -0.4 is 5.32 Å². The predicted octanol–water partition coefficient (Wildman–Crippen LogP) is 3.06. The van der Waals surface area contributed by atoms with E-state index in [1.807, 2.05) is 30.3 Å². The molecule has 0 aliphatic rings. The normalized spacial score (nSPS) is 10.6. The van der Waals surface area contributed by atoms with Gasteiger partial charge in [0.2, 0.25) is 5.91 Å². The van der Waals surface area contributed by atoms with Crippen LogP contribution in [0.2, 0.25) is 5.02 Å². The maximum atomic E-state index is 11.6. The fraction of sp³-hybridized carbons (Fsp3) is 0.0667. The van der Waals surface area contributed by atoms with Crippen molar-refractivity contribution in [1.82, 2.24) is 10.3 Å². The molecule has 1 aromatic carbocycles. The van der Waals surface area contributed by atoms with E-state index >= 15 is 0 Å². The second-order valence-corrected chi connectivity index (χ2v) is 4.34. The number of nitrogens with one attached hydrogen (secondary N) is 1. The topological polar surface area (TPSA) is 42.0 Å². The minimum Gasteiger partial charge on any atom is -0.348 e. The van der Waals surface area contributed by atoms with Crippen LogP contribution in [-0.4, -0.2) is 10.9 Å². The highest BCUT2D eigenvalue weighted by Gasteiger charge is 1.98. The lowest BCUT2D eigenvalue weighted by atomic mass is 10.2. The third kappa shape index (κ3) is 4.23. The molecular formula is C15H13ClN2O. The van der Waals surface area contributed by atoms with E-state index in [1.165, 1.54) is 6.08 Å². The zero-order chi connectivity index (χ0) is 13.5. The number of amides is 1. The minimum absolute atomic E-state index is 0.156. The first-order valence-corrected chi connectivity index (χ1v) is 6.23. The molecule has 0 atom stereocenters. The summed E-state index contributed by atoms with van der Waals surface area (Å²) in [7, 11) is 0. The van der Waals surface area contributed by atoms with Gasteiger partial charge in [0, 0.05) is 30.0 Å². The molecule has 1 aromatic heterocycles. The van der Waals surface area contributed by atoms with Crippen LogP contribution in [0.1, 0.15) is 11.1 Å². The summed E-state index contributed by atoms with van der Waals surface area (Å²) in [5.41, 5.74) is 1.83. The molecule has 19 heavy (non-hydrogen) atoms. The number of hydrogen-bond acceptors (Lipinski definition) is 2. The summed E-state index contributed by atoms with van der Waals surface area (Å²) in [5.74, 6) is -0.156. The van der Waals surface area contributed by atoms with Crippen LogP contribution in [-0.2, 0) is 11.3 Å². The van der Waals surface area contributed by atoms with Crippen LogP contribution in [0.15, 0.2) is 54.9 Å². The lowest BCUT2D eigenvalue weighted by Gasteiger charge is -2.01. The molecule has 1 amide bonds. The monoisotopic (exact) mass is 272 g/mol. The van der Waals surface area contributed by atoms with Crippen LogP contribution in [0, 0.1) is 0 Å². The van der Waals surface area contributed by atoms with Crippen molar-refractivity contribution in [1.29, 1.82) is 0 Å². The zero-order valence-corrected chi connectivity index (χ0v) is 11.0. The summed E-state index contributed by atoms with van der Waals surface area (Å²) in [6.45, 7) is 0.480. The van der Waals surface area contributed by atoms with E-state index in [9.17, 15) is 4.79 Å². The third-order valence-corrected chi connectivity index (χ3v) is 2.88. The molecule has 0 saturated carbocycles. The summed E-state index contributed by atoms with van der Waals surface area (Å²) < 4.78 is 0. The van der Waals surface area contributed by atoms with Crippen molar-refractivity contribution in [3.05, 3.63) is 71.0 Å². The standard InChI is InChI=1S/C15H13ClN2O/c16-14-4-2-1-3-13(14)5-6-15(19)18-11-12-7-9-17-10-8-12/h1-10H,11H2,(H,18,19). The van der Waals surface area contributed by atoms with Gasteiger partial charge in [-0.3, -0.25) is 9.78 Å². The highest BCUT2D eigenvalue weighted by molar-refractivity contribution is 6.32. The first kappa shape index (κ1) is 13.3. The quantitative estimate of drug-likeness (QED) is 0.869. The number of hydrogen-bond donors (Lipinski definition) is 1. The lowest BCUT2D eigenvalue weighted by Crippen LogP contribution is -2.20. The average molecular weight is 273 g/mol. The second kappa shape index (κ2) is 6.71. The van der Waals surface area contributed by atoms with Crippen LogP contribution in [0.3, 0.4) is 0 Å². The van der Waals surface area contributed by atoms with E-state index in [4.69, 9.17) is 11.6 Å². The lowest BCUT2D eigenvalue weighted by molar-refractivity contribution is -0.116. The molecule has 0 radical (unpaired) electrons. The van der Waals surface area contributed by atoms with Gasteiger partial charge in [0.05, 0.1) is 0 Å². The van der Waals surface area contributed by atoms with E-state index in [2.05, 4.69) is 10.3 Å². The molecule has 0 fully saturated rings. The molecule has 0 saturated heterocycles. The van der Waals surface area contributed by atoms with E-state index < -0.39 is 0 Å². The number of pyridine rings is 1. The van der Waals surface area contributed by atoms with Crippen molar-refractivity contribution < 1.29 is 4.79 Å². The number of rotatable bonds is 4. The summed E-state index contributed by atoms with van der Waals surface area (Å²) in [4.78, 5) is 15.6. The highest BCUT2D eigenvalue weighted by Crippen LogP contribution is 2.15. The van der Waals surface area contributed by atoms with E-state index in [0.29, 0.717) is 11.6 Å². The maximum Gasteiger partial charge on any atom is 0.244 e. The summed E-state index contributed by atoms with van der Waals surface area (Å²) in [6, 6.07) is 11.1. The van der Waals surface area contributed by atoms with Gasteiger partial charge >= 0.3 is 0 Å². The molecule has 4 heteroatoms. The average Bonchev–Trinajstić information content (AvgIpc) is 2.45. The molecule has 0 aliphatic heterocycles. The predicted molar refractivity (Wildman–Crippen MR) is 76.6 cm³/mol. The highest BCUT2D eigenvalue weighted by atomic mass is 35.5. The number of benzene rings is 1. The van der Waals surface area contributed by atoms with Crippen LogP contribution in [0.25, 0.3) is 6.08 Å².